The van der Waals surface area contributed by atoms with Crippen molar-refractivity contribution in [2.24, 2.45) is 0 Å². The van der Waals surface area contributed by atoms with Gasteiger partial charge in [-0.25, -0.2) is 4.79 Å². The Morgan fingerprint density at radius 1 is 1.48 bits per heavy atom. The number of carboxylic acid groups (broad SMARTS) is 1. The van der Waals surface area contributed by atoms with Crippen molar-refractivity contribution in [3.63, 3.8) is 0 Å². The van der Waals surface area contributed by atoms with Crippen LogP contribution >= 0.6 is 0 Å². The minimum absolute atomic E-state index is 0.213. The number of likely N-dealkylation sites (tertiary alicyclic amines) is 1. The molecule has 1 fully saturated rings. The van der Waals surface area contributed by atoms with Gasteiger partial charge in [0.15, 0.2) is 0 Å². The number of rotatable bonds is 6. The van der Waals surface area contributed by atoms with Gasteiger partial charge in [-0.2, -0.15) is 0 Å². The molecule has 0 saturated carbocycles. The summed E-state index contributed by atoms with van der Waals surface area (Å²) in [6, 6.07) is 7.87. The zero-order valence-electron chi connectivity index (χ0n) is 12.7. The van der Waals surface area contributed by atoms with E-state index in [1.165, 1.54) is 0 Å². The Hall–Kier alpha value is -1.59. The molecule has 2 N–H and O–H groups in total. The number of carbonyl (C=O) groups is 1. The third kappa shape index (κ3) is 4.44. The maximum Gasteiger partial charge on any atom is 0.339 e. The zero-order chi connectivity index (χ0) is 15.2. The lowest BCUT2D eigenvalue weighted by atomic mass is 9.99. The number of nitrogens with zero attached hydrogens (tertiary/aromatic N) is 1. The maximum absolute atomic E-state index is 11.1. The van der Waals surface area contributed by atoms with Crippen molar-refractivity contribution in [2.75, 3.05) is 26.7 Å². The lowest BCUT2D eigenvalue weighted by Gasteiger charge is -2.35. The average molecular weight is 292 g/mol. The highest BCUT2D eigenvalue weighted by molar-refractivity contribution is 5.90. The molecule has 2 unspecified atom stereocenters. The van der Waals surface area contributed by atoms with Gasteiger partial charge in [-0.3, -0.25) is 0 Å². The first-order valence-corrected chi connectivity index (χ1v) is 7.46. The van der Waals surface area contributed by atoms with E-state index in [9.17, 15) is 4.79 Å². The Kier molecular flexibility index (Phi) is 5.59. The van der Waals surface area contributed by atoms with Crippen molar-refractivity contribution < 1.29 is 14.6 Å². The van der Waals surface area contributed by atoms with Gasteiger partial charge in [-0.05, 0) is 45.5 Å². The number of aromatic carboxylic acids is 1. The van der Waals surface area contributed by atoms with Gasteiger partial charge in [0.25, 0.3) is 0 Å². The van der Waals surface area contributed by atoms with Gasteiger partial charge in [0.2, 0.25) is 0 Å². The van der Waals surface area contributed by atoms with Crippen molar-refractivity contribution in [3.8, 4) is 5.75 Å². The molecule has 1 aromatic rings. The molecule has 0 radical (unpaired) electrons. The first-order valence-electron chi connectivity index (χ1n) is 7.46. The SMILES string of the molecule is CC1CC(NCCOc2ccccc2C(=O)O)CCN1C. The highest BCUT2D eigenvalue weighted by Gasteiger charge is 2.22. The van der Waals surface area contributed by atoms with Crippen molar-refractivity contribution in [2.45, 2.75) is 31.8 Å². The summed E-state index contributed by atoms with van der Waals surface area (Å²) in [7, 11) is 2.16. The zero-order valence-corrected chi connectivity index (χ0v) is 12.7. The number of hydrogen-bond acceptors (Lipinski definition) is 4. The van der Waals surface area contributed by atoms with E-state index in [0.29, 0.717) is 24.4 Å². The highest BCUT2D eigenvalue weighted by atomic mass is 16.5. The van der Waals surface area contributed by atoms with Crippen molar-refractivity contribution in [1.82, 2.24) is 10.2 Å². The molecule has 2 rings (SSSR count). The van der Waals surface area contributed by atoms with Crippen LogP contribution in [-0.2, 0) is 0 Å². The molecule has 2 atom stereocenters. The third-order valence-corrected chi connectivity index (χ3v) is 4.12. The van der Waals surface area contributed by atoms with E-state index in [0.717, 1.165) is 25.9 Å². The summed E-state index contributed by atoms with van der Waals surface area (Å²) in [5, 5.41) is 12.6. The average Bonchev–Trinajstić information content (AvgIpc) is 2.47. The maximum atomic E-state index is 11.1. The highest BCUT2D eigenvalue weighted by Crippen LogP contribution is 2.18. The summed E-state index contributed by atoms with van der Waals surface area (Å²) < 4.78 is 5.58. The van der Waals surface area contributed by atoms with Crippen molar-refractivity contribution >= 4 is 5.97 Å². The summed E-state index contributed by atoms with van der Waals surface area (Å²) in [5.74, 6) is -0.522. The molecule has 1 aliphatic rings. The number of piperidine rings is 1. The smallest absolute Gasteiger partial charge is 0.339 e. The lowest BCUT2D eigenvalue weighted by Crippen LogP contribution is -2.46. The van der Waals surface area contributed by atoms with Crippen LogP contribution in [0.25, 0.3) is 0 Å². The van der Waals surface area contributed by atoms with Crippen LogP contribution in [0.1, 0.15) is 30.1 Å². The number of nitrogens with one attached hydrogen (secondary N) is 1. The molecule has 0 aliphatic carbocycles. The van der Waals surface area contributed by atoms with Gasteiger partial charge in [-0.15, -0.1) is 0 Å². The summed E-state index contributed by atoms with van der Waals surface area (Å²) >= 11 is 0. The van der Waals surface area contributed by atoms with E-state index in [2.05, 4.69) is 24.2 Å². The normalized spacial score (nSPS) is 23.0. The standard InChI is InChI=1S/C16H24N2O3/c1-12-11-13(7-9-18(12)2)17-8-10-21-15-6-4-3-5-14(15)16(19)20/h3-6,12-13,17H,7-11H2,1-2H3,(H,19,20). The van der Waals surface area contributed by atoms with E-state index in [4.69, 9.17) is 9.84 Å². The number of para-hydroxylation sites is 1. The fraction of sp³-hybridized carbons (Fsp3) is 0.562. The van der Waals surface area contributed by atoms with Gasteiger partial charge in [0.1, 0.15) is 17.9 Å². The number of carboxylic acids is 1. The Morgan fingerprint density at radius 3 is 2.95 bits per heavy atom. The molecule has 0 aromatic heterocycles. The van der Waals surface area contributed by atoms with Crippen LogP contribution in [-0.4, -0.2) is 54.8 Å². The van der Waals surface area contributed by atoms with Crippen LogP contribution in [0.15, 0.2) is 24.3 Å². The molecule has 21 heavy (non-hydrogen) atoms. The third-order valence-electron chi connectivity index (χ3n) is 4.12. The Bertz CT molecular complexity index is 478. The molecule has 1 aliphatic heterocycles. The lowest BCUT2D eigenvalue weighted by molar-refractivity contribution is 0.0692. The summed E-state index contributed by atoms with van der Waals surface area (Å²) in [4.78, 5) is 13.4. The summed E-state index contributed by atoms with van der Waals surface area (Å²) in [6.45, 7) is 4.56. The monoisotopic (exact) mass is 292 g/mol. The van der Waals surface area contributed by atoms with Crippen LogP contribution in [0.4, 0.5) is 0 Å². The minimum Gasteiger partial charge on any atom is -0.491 e. The van der Waals surface area contributed by atoms with Gasteiger partial charge in [0, 0.05) is 18.6 Å². The quantitative estimate of drug-likeness (QED) is 0.783. The molecule has 0 spiro atoms. The van der Waals surface area contributed by atoms with Crippen LogP contribution in [0.5, 0.6) is 5.75 Å². The fourth-order valence-electron chi connectivity index (χ4n) is 2.67. The second-order valence-corrected chi connectivity index (χ2v) is 5.65. The molecular weight excluding hydrogens is 268 g/mol. The van der Waals surface area contributed by atoms with E-state index in [-0.39, 0.29) is 5.56 Å². The van der Waals surface area contributed by atoms with Crippen LogP contribution in [0.3, 0.4) is 0 Å². The van der Waals surface area contributed by atoms with E-state index in [1.54, 1.807) is 24.3 Å². The minimum atomic E-state index is -0.956. The van der Waals surface area contributed by atoms with Gasteiger partial charge in [-0.1, -0.05) is 12.1 Å². The Balaban J connectivity index is 1.74. The van der Waals surface area contributed by atoms with Crippen LogP contribution < -0.4 is 10.1 Å². The Morgan fingerprint density at radius 2 is 2.24 bits per heavy atom. The van der Waals surface area contributed by atoms with Crippen LogP contribution in [0, 0.1) is 0 Å². The molecule has 0 bridgehead atoms. The predicted octanol–water partition coefficient (Wildman–Crippen LogP) is 1.84. The second-order valence-electron chi connectivity index (χ2n) is 5.65. The van der Waals surface area contributed by atoms with Gasteiger partial charge >= 0.3 is 5.97 Å². The van der Waals surface area contributed by atoms with Crippen LogP contribution in [0.2, 0.25) is 0 Å². The molecule has 116 valence electrons. The Labute approximate surface area is 125 Å². The predicted molar refractivity (Wildman–Crippen MR) is 82.0 cm³/mol. The largest absolute Gasteiger partial charge is 0.491 e. The topological polar surface area (TPSA) is 61.8 Å². The molecule has 0 amide bonds. The van der Waals surface area contributed by atoms with Crippen molar-refractivity contribution in [1.29, 1.82) is 0 Å². The number of hydrogen-bond donors (Lipinski definition) is 2. The summed E-state index contributed by atoms with van der Waals surface area (Å²) in [6.07, 6.45) is 2.29. The second kappa shape index (κ2) is 7.43. The van der Waals surface area contributed by atoms with Gasteiger partial charge < -0.3 is 20.1 Å². The van der Waals surface area contributed by atoms with E-state index in [1.807, 2.05) is 0 Å². The first kappa shape index (κ1) is 15.8. The molecule has 1 heterocycles. The summed E-state index contributed by atoms with van der Waals surface area (Å²) in [5.41, 5.74) is 0.213. The molecular formula is C16H24N2O3. The molecule has 5 heteroatoms. The first-order chi connectivity index (χ1) is 10.1. The number of benzene rings is 1. The molecule has 5 nitrogen and oxygen atoms in total. The molecule has 1 saturated heterocycles. The molecule has 1 aromatic carbocycles. The van der Waals surface area contributed by atoms with E-state index < -0.39 is 5.97 Å². The number of ether oxygens (including phenoxy) is 1. The fourth-order valence-corrected chi connectivity index (χ4v) is 2.67. The van der Waals surface area contributed by atoms with Gasteiger partial charge in [0.05, 0.1) is 0 Å². The van der Waals surface area contributed by atoms with Crippen molar-refractivity contribution in [3.05, 3.63) is 29.8 Å². The van der Waals surface area contributed by atoms with E-state index >= 15 is 0 Å².